The number of nitrogens with zero attached hydrogens (tertiary/aromatic N) is 2. The molecule has 188 valence electrons. The zero-order valence-electron chi connectivity index (χ0n) is 20.5. The molecule has 3 heterocycles. The van der Waals surface area contributed by atoms with Crippen LogP contribution >= 0.6 is 0 Å². The monoisotopic (exact) mass is 500 g/mol. The number of aromatic nitrogens is 1. The van der Waals surface area contributed by atoms with Gasteiger partial charge < -0.3 is 9.32 Å². The quantitative estimate of drug-likeness (QED) is 0.269. The molecule has 1 aliphatic carbocycles. The van der Waals surface area contributed by atoms with E-state index >= 15 is 0 Å². The third-order valence-electron chi connectivity index (χ3n) is 7.20. The maximum atomic E-state index is 14.8. The lowest BCUT2D eigenvalue weighted by Crippen LogP contribution is -2.32. The lowest BCUT2D eigenvalue weighted by Gasteiger charge is -2.33. The number of benzene rings is 1. The normalized spacial score (nSPS) is 18.4. The maximum Gasteiger partial charge on any atom is 0.394 e. The van der Waals surface area contributed by atoms with E-state index in [1.165, 1.54) is 13.8 Å². The van der Waals surface area contributed by atoms with Crippen LogP contribution in [0.2, 0.25) is 0 Å². The minimum atomic E-state index is -4.32. The van der Waals surface area contributed by atoms with Crippen LogP contribution in [0.5, 0.6) is 0 Å². The molecule has 0 spiro atoms. The van der Waals surface area contributed by atoms with Gasteiger partial charge in [0.1, 0.15) is 11.4 Å². The number of rotatable bonds is 3. The van der Waals surface area contributed by atoms with Crippen molar-refractivity contribution in [3.05, 3.63) is 82.2 Å². The summed E-state index contributed by atoms with van der Waals surface area (Å²) in [6.45, 7) is 6.23. The average molecular weight is 501 g/mol. The van der Waals surface area contributed by atoms with E-state index in [1.54, 1.807) is 12.1 Å². The Labute approximate surface area is 205 Å². The number of fused-ring (bicyclic) bond motifs is 4. The Morgan fingerprint density at radius 3 is 2.50 bits per heavy atom. The summed E-state index contributed by atoms with van der Waals surface area (Å²) in [6.07, 6.45) is 4.76. The van der Waals surface area contributed by atoms with Crippen LogP contribution in [0, 0.1) is 36.9 Å². The van der Waals surface area contributed by atoms with Crippen molar-refractivity contribution in [2.24, 2.45) is 11.3 Å². The Morgan fingerprint density at radius 2 is 1.81 bits per heavy atom. The van der Waals surface area contributed by atoms with E-state index in [0.29, 0.717) is 22.1 Å². The van der Waals surface area contributed by atoms with Gasteiger partial charge in [-0.1, -0.05) is 43.7 Å². The first-order valence-corrected chi connectivity index (χ1v) is 11.6. The third kappa shape index (κ3) is 3.74. The molecule has 5 rings (SSSR count). The highest BCUT2D eigenvalue weighted by Gasteiger charge is 2.47. The highest BCUT2D eigenvalue weighted by Crippen LogP contribution is 2.46. The third-order valence-corrected chi connectivity index (χ3v) is 7.20. The lowest BCUT2D eigenvalue weighted by atomic mass is 9.79. The SMILES string of the molecule is Cc1cc2c(oc3nc(F)cc(F)c32)c(C2=C3C=CC(CC(C)(C)C(F)(F)F)=CC3C=CN2C)c1C. The molecule has 0 fully saturated rings. The van der Waals surface area contributed by atoms with Crippen LogP contribution in [0.1, 0.15) is 37.0 Å². The smallest absolute Gasteiger partial charge is 0.394 e. The second kappa shape index (κ2) is 8.05. The summed E-state index contributed by atoms with van der Waals surface area (Å²) < 4.78 is 75.0. The molecule has 0 saturated carbocycles. The molecule has 2 aromatic heterocycles. The molecule has 0 radical (unpaired) electrons. The predicted molar refractivity (Wildman–Crippen MR) is 130 cm³/mol. The van der Waals surface area contributed by atoms with Gasteiger partial charge in [0.2, 0.25) is 11.7 Å². The van der Waals surface area contributed by atoms with E-state index < -0.39 is 23.4 Å². The van der Waals surface area contributed by atoms with Crippen LogP contribution in [-0.4, -0.2) is 23.1 Å². The molecule has 3 nitrogen and oxygen atoms in total. The van der Waals surface area contributed by atoms with Crippen LogP contribution in [0.25, 0.3) is 27.8 Å². The van der Waals surface area contributed by atoms with Gasteiger partial charge in [0, 0.05) is 36.2 Å². The van der Waals surface area contributed by atoms with Crippen molar-refractivity contribution in [2.75, 3.05) is 7.05 Å². The highest BCUT2D eigenvalue weighted by molar-refractivity contribution is 6.08. The van der Waals surface area contributed by atoms with Crippen molar-refractivity contribution >= 4 is 27.8 Å². The fourth-order valence-corrected chi connectivity index (χ4v) is 4.98. The largest absolute Gasteiger partial charge is 0.437 e. The molecule has 36 heavy (non-hydrogen) atoms. The average Bonchev–Trinajstić information content (AvgIpc) is 3.12. The van der Waals surface area contributed by atoms with Crippen molar-refractivity contribution in [2.45, 2.75) is 40.3 Å². The summed E-state index contributed by atoms with van der Waals surface area (Å²) in [7, 11) is 1.86. The lowest BCUT2D eigenvalue weighted by molar-refractivity contribution is -0.210. The van der Waals surface area contributed by atoms with E-state index in [1.807, 2.05) is 50.2 Å². The van der Waals surface area contributed by atoms with Crippen LogP contribution in [0.4, 0.5) is 22.0 Å². The van der Waals surface area contributed by atoms with Crippen molar-refractivity contribution in [3.8, 4) is 0 Å². The van der Waals surface area contributed by atoms with Gasteiger partial charge in [-0.15, -0.1) is 0 Å². The van der Waals surface area contributed by atoms with Crippen molar-refractivity contribution in [1.29, 1.82) is 0 Å². The predicted octanol–water partition coefficient (Wildman–Crippen LogP) is 8.14. The zero-order chi connectivity index (χ0) is 26.2. The summed E-state index contributed by atoms with van der Waals surface area (Å²) in [4.78, 5) is 5.66. The van der Waals surface area contributed by atoms with Crippen LogP contribution < -0.4 is 0 Å². The number of allylic oxidation sites excluding steroid dienone is 6. The van der Waals surface area contributed by atoms with Crippen molar-refractivity contribution < 1.29 is 26.4 Å². The van der Waals surface area contributed by atoms with Gasteiger partial charge in [-0.25, -0.2) is 4.39 Å². The van der Waals surface area contributed by atoms with Crippen LogP contribution in [0.15, 0.2) is 58.2 Å². The molecule has 8 heteroatoms. The minimum absolute atomic E-state index is 0.114. The Balaban J connectivity index is 1.70. The first-order chi connectivity index (χ1) is 16.8. The fraction of sp³-hybridized carbons (Fsp3) is 0.321. The number of hydrogen-bond donors (Lipinski definition) is 0. The first kappa shape index (κ1) is 24.3. The van der Waals surface area contributed by atoms with Crippen LogP contribution in [-0.2, 0) is 0 Å². The van der Waals surface area contributed by atoms with Gasteiger partial charge in [0.05, 0.1) is 16.5 Å². The van der Waals surface area contributed by atoms with E-state index in [0.717, 1.165) is 28.5 Å². The molecule has 0 amide bonds. The van der Waals surface area contributed by atoms with Gasteiger partial charge in [-0.2, -0.15) is 22.5 Å². The Bertz CT molecular complexity index is 1540. The van der Waals surface area contributed by atoms with E-state index in [4.69, 9.17) is 4.42 Å². The van der Waals surface area contributed by atoms with Gasteiger partial charge in [-0.05, 0) is 43.0 Å². The van der Waals surface area contributed by atoms with Crippen molar-refractivity contribution in [1.82, 2.24) is 9.88 Å². The zero-order valence-corrected chi connectivity index (χ0v) is 20.5. The van der Waals surface area contributed by atoms with E-state index in [2.05, 4.69) is 4.98 Å². The van der Waals surface area contributed by atoms with E-state index in [9.17, 15) is 22.0 Å². The summed E-state index contributed by atoms with van der Waals surface area (Å²) >= 11 is 0. The molecule has 0 N–H and O–H groups in total. The number of aryl methyl sites for hydroxylation is 1. The number of hydrogen-bond acceptors (Lipinski definition) is 3. The number of alkyl halides is 3. The second-order valence-corrected chi connectivity index (χ2v) is 10.2. The molecule has 1 unspecified atom stereocenters. The number of halogens is 5. The summed E-state index contributed by atoms with van der Waals surface area (Å²) in [5, 5.41) is 0.603. The van der Waals surface area contributed by atoms with Gasteiger partial charge in [0.15, 0.2) is 0 Å². The number of furan rings is 1. The maximum absolute atomic E-state index is 14.8. The van der Waals surface area contributed by atoms with Gasteiger partial charge in [0.25, 0.3) is 0 Å². The summed E-state index contributed by atoms with van der Waals surface area (Å²) in [5.41, 5.74) is 3.17. The standard InChI is InChI=1S/C28H25F5N2O/c1-14-10-19-23-20(29)12-21(30)34-26(23)36-25(19)22(15(14)2)24-18-7-6-16(11-17(18)8-9-35(24)5)13-27(3,4)28(31,32)33/h6-12,17H,13H2,1-5H3. The van der Waals surface area contributed by atoms with Crippen molar-refractivity contribution in [3.63, 3.8) is 0 Å². The first-order valence-electron chi connectivity index (χ1n) is 11.6. The van der Waals surface area contributed by atoms with Gasteiger partial charge in [-0.3, -0.25) is 0 Å². The molecular formula is C28H25F5N2O. The molecule has 2 aliphatic rings. The van der Waals surface area contributed by atoms with Crippen LogP contribution in [0.3, 0.4) is 0 Å². The molecular weight excluding hydrogens is 475 g/mol. The fourth-order valence-electron chi connectivity index (χ4n) is 4.98. The second-order valence-electron chi connectivity index (χ2n) is 10.2. The molecule has 1 aromatic carbocycles. The topological polar surface area (TPSA) is 29.3 Å². The Hall–Kier alpha value is -3.42. The molecule has 3 aromatic rings. The molecule has 0 saturated heterocycles. The minimum Gasteiger partial charge on any atom is -0.437 e. The molecule has 1 aliphatic heterocycles. The summed E-state index contributed by atoms with van der Waals surface area (Å²) in [5.74, 6) is -1.97. The Kier molecular flexibility index (Phi) is 5.43. The molecule has 1 atom stereocenters. The van der Waals surface area contributed by atoms with E-state index in [-0.39, 0.29) is 23.4 Å². The number of pyridine rings is 1. The van der Waals surface area contributed by atoms with Gasteiger partial charge >= 0.3 is 6.18 Å². The Morgan fingerprint density at radius 1 is 1.08 bits per heavy atom. The summed E-state index contributed by atoms with van der Waals surface area (Å²) in [6, 6.07) is 2.54. The molecule has 0 bridgehead atoms. The highest BCUT2D eigenvalue weighted by atomic mass is 19.4.